The summed E-state index contributed by atoms with van der Waals surface area (Å²) in [5, 5.41) is 2.98. The van der Waals surface area contributed by atoms with Crippen molar-refractivity contribution in [1.29, 1.82) is 0 Å². The Hall–Kier alpha value is -1.75. The lowest BCUT2D eigenvalue weighted by Crippen LogP contribution is -2.51. The first-order valence-corrected chi connectivity index (χ1v) is 7.79. The molecule has 2 rings (SSSR count). The van der Waals surface area contributed by atoms with Gasteiger partial charge in [-0.05, 0) is 51.3 Å². The molecule has 2 atom stereocenters. The molecule has 1 aromatic carbocycles. The molecule has 22 heavy (non-hydrogen) atoms. The number of nitrogens with zero attached hydrogens (tertiary/aromatic N) is 1. The normalized spacial score (nSPS) is 21.4. The summed E-state index contributed by atoms with van der Waals surface area (Å²) in [6, 6.07) is 5.03. The number of rotatable bonds is 2. The van der Waals surface area contributed by atoms with E-state index in [1.165, 1.54) is 7.11 Å². The molecule has 0 aliphatic carbocycles. The van der Waals surface area contributed by atoms with E-state index in [4.69, 9.17) is 16.3 Å². The Bertz CT molecular complexity index is 567. The van der Waals surface area contributed by atoms with Crippen LogP contribution in [0.2, 0.25) is 5.02 Å². The van der Waals surface area contributed by atoms with Crippen LogP contribution in [0.3, 0.4) is 0 Å². The zero-order valence-electron chi connectivity index (χ0n) is 13.1. The third-order valence-electron chi connectivity index (χ3n) is 4.03. The van der Waals surface area contributed by atoms with Crippen LogP contribution in [0, 0.1) is 0 Å². The van der Waals surface area contributed by atoms with Crippen LogP contribution in [0.1, 0.15) is 33.1 Å². The van der Waals surface area contributed by atoms with Crippen LogP contribution in [0.25, 0.3) is 0 Å². The van der Waals surface area contributed by atoms with Crippen molar-refractivity contribution < 1.29 is 14.3 Å². The van der Waals surface area contributed by atoms with E-state index in [0.29, 0.717) is 16.5 Å². The first kappa shape index (κ1) is 16.6. The second-order valence-electron chi connectivity index (χ2n) is 5.64. The van der Waals surface area contributed by atoms with Gasteiger partial charge in [-0.25, -0.2) is 0 Å². The molecular formula is C16H21ClN2O3. The summed E-state index contributed by atoms with van der Waals surface area (Å²) < 4.78 is 5.06. The van der Waals surface area contributed by atoms with Crippen molar-refractivity contribution in [3.63, 3.8) is 0 Å². The van der Waals surface area contributed by atoms with Crippen molar-refractivity contribution in [3.8, 4) is 5.75 Å². The molecule has 0 saturated carbocycles. The van der Waals surface area contributed by atoms with Gasteiger partial charge in [0.25, 0.3) is 0 Å². The zero-order chi connectivity index (χ0) is 16.3. The Kier molecular flexibility index (Phi) is 5.29. The fourth-order valence-corrected chi connectivity index (χ4v) is 3.13. The lowest BCUT2D eigenvalue weighted by atomic mass is 9.97. The Morgan fingerprint density at radius 2 is 1.91 bits per heavy atom. The van der Waals surface area contributed by atoms with Crippen LogP contribution in [-0.4, -0.2) is 35.9 Å². The molecule has 1 saturated heterocycles. The number of amides is 2. The number of methoxy groups -OCH3 is 1. The molecule has 0 bridgehead atoms. The van der Waals surface area contributed by atoms with Crippen molar-refractivity contribution in [3.05, 3.63) is 23.2 Å². The molecule has 1 aliphatic rings. The number of likely N-dealkylation sites (tertiary alicyclic amines) is 1. The van der Waals surface area contributed by atoms with Crippen molar-refractivity contribution >= 4 is 29.1 Å². The van der Waals surface area contributed by atoms with Gasteiger partial charge in [0.15, 0.2) is 0 Å². The smallest absolute Gasteiger partial charge is 0.313 e. The molecule has 0 aromatic heterocycles. The van der Waals surface area contributed by atoms with Crippen LogP contribution in [0.5, 0.6) is 5.75 Å². The van der Waals surface area contributed by atoms with Gasteiger partial charge in [-0.1, -0.05) is 11.6 Å². The second-order valence-corrected chi connectivity index (χ2v) is 6.05. The van der Waals surface area contributed by atoms with Gasteiger partial charge in [0.05, 0.1) is 12.1 Å². The van der Waals surface area contributed by atoms with Gasteiger partial charge in [0.2, 0.25) is 0 Å². The minimum Gasteiger partial charge on any atom is -0.495 e. The predicted molar refractivity (Wildman–Crippen MR) is 86.3 cm³/mol. The number of nitrogens with one attached hydrogen (secondary N) is 1. The third-order valence-corrected chi connectivity index (χ3v) is 4.33. The summed E-state index contributed by atoms with van der Waals surface area (Å²) in [7, 11) is 1.52. The van der Waals surface area contributed by atoms with Crippen LogP contribution in [0.15, 0.2) is 18.2 Å². The highest BCUT2D eigenvalue weighted by molar-refractivity contribution is 6.40. The number of hydrogen-bond donors (Lipinski definition) is 1. The van der Waals surface area contributed by atoms with E-state index in [0.717, 1.165) is 19.3 Å². The number of ether oxygens (including phenoxy) is 1. The first-order valence-electron chi connectivity index (χ1n) is 7.41. The summed E-state index contributed by atoms with van der Waals surface area (Å²) in [6.07, 6.45) is 2.94. The molecule has 120 valence electrons. The number of hydrogen-bond acceptors (Lipinski definition) is 3. The number of carbonyl (C=O) groups excluding carboxylic acids is 2. The number of halogens is 1. The largest absolute Gasteiger partial charge is 0.495 e. The molecule has 2 unspecified atom stereocenters. The highest BCUT2D eigenvalue weighted by Gasteiger charge is 2.32. The number of carbonyl (C=O) groups is 2. The van der Waals surface area contributed by atoms with Gasteiger partial charge < -0.3 is 15.0 Å². The minimum atomic E-state index is -0.637. The van der Waals surface area contributed by atoms with E-state index in [1.54, 1.807) is 23.1 Å². The summed E-state index contributed by atoms with van der Waals surface area (Å²) in [4.78, 5) is 26.3. The SMILES string of the molecule is COc1ccc(NC(=O)C(=O)N2C(C)CCCC2C)cc1Cl. The summed E-state index contributed by atoms with van der Waals surface area (Å²) in [6.45, 7) is 3.95. The molecule has 0 spiro atoms. The number of benzene rings is 1. The monoisotopic (exact) mass is 324 g/mol. The summed E-state index contributed by atoms with van der Waals surface area (Å²) in [5.41, 5.74) is 0.474. The molecular weight excluding hydrogens is 304 g/mol. The van der Waals surface area contributed by atoms with Crippen molar-refractivity contribution in [2.75, 3.05) is 12.4 Å². The lowest BCUT2D eigenvalue weighted by molar-refractivity contribution is -0.147. The van der Waals surface area contributed by atoms with Gasteiger partial charge in [-0.2, -0.15) is 0 Å². The van der Waals surface area contributed by atoms with E-state index in [-0.39, 0.29) is 12.1 Å². The maximum Gasteiger partial charge on any atom is 0.313 e. The number of piperidine rings is 1. The minimum absolute atomic E-state index is 0.0847. The predicted octanol–water partition coefficient (Wildman–Crippen LogP) is 3.08. The van der Waals surface area contributed by atoms with Gasteiger partial charge in [0.1, 0.15) is 5.75 Å². The Labute approximate surface area is 135 Å². The highest BCUT2D eigenvalue weighted by Crippen LogP contribution is 2.27. The Balaban J connectivity index is 2.08. The van der Waals surface area contributed by atoms with Crippen LogP contribution >= 0.6 is 11.6 Å². The molecule has 1 heterocycles. The van der Waals surface area contributed by atoms with Crippen LogP contribution < -0.4 is 10.1 Å². The average Bonchev–Trinajstić information content (AvgIpc) is 2.47. The Morgan fingerprint density at radius 3 is 2.45 bits per heavy atom. The summed E-state index contributed by atoms with van der Waals surface area (Å²) >= 11 is 6.02. The first-order chi connectivity index (χ1) is 10.4. The molecule has 5 nitrogen and oxygen atoms in total. The highest BCUT2D eigenvalue weighted by atomic mass is 35.5. The Morgan fingerprint density at radius 1 is 1.27 bits per heavy atom. The van der Waals surface area contributed by atoms with Gasteiger partial charge in [-0.3, -0.25) is 9.59 Å². The summed E-state index contributed by atoms with van der Waals surface area (Å²) in [5.74, 6) is -0.613. The number of anilines is 1. The topological polar surface area (TPSA) is 58.6 Å². The molecule has 1 fully saturated rings. The fourth-order valence-electron chi connectivity index (χ4n) is 2.87. The fraction of sp³-hybridized carbons (Fsp3) is 0.500. The molecule has 1 aliphatic heterocycles. The zero-order valence-corrected chi connectivity index (χ0v) is 13.8. The van der Waals surface area contributed by atoms with Gasteiger partial charge >= 0.3 is 11.8 Å². The quantitative estimate of drug-likeness (QED) is 0.850. The maximum atomic E-state index is 12.4. The van der Waals surface area contributed by atoms with Gasteiger partial charge in [-0.15, -0.1) is 0 Å². The molecule has 6 heteroatoms. The molecule has 1 aromatic rings. The third kappa shape index (κ3) is 3.53. The van der Waals surface area contributed by atoms with Crippen molar-refractivity contribution in [2.24, 2.45) is 0 Å². The molecule has 1 N–H and O–H groups in total. The van der Waals surface area contributed by atoms with Crippen molar-refractivity contribution in [2.45, 2.75) is 45.2 Å². The second kappa shape index (κ2) is 7.01. The maximum absolute atomic E-state index is 12.4. The van der Waals surface area contributed by atoms with E-state index in [1.807, 2.05) is 13.8 Å². The molecule has 2 amide bonds. The van der Waals surface area contributed by atoms with E-state index in [2.05, 4.69) is 5.32 Å². The van der Waals surface area contributed by atoms with Gasteiger partial charge in [0, 0.05) is 17.8 Å². The van der Waals surface area contributed by atoms with Crippen LogP contribution in [-0.2, 0) is 9.59 Å². The molecule has 0 radical (unpaired) electrons. The van der Waals surface area contributed by atoms with E-state index in [9.17, 15) is 9.59 Å². The average molecular weight is 325 g/mol. The standard InChI is InChI=1S/C16H21ClN2O3/c1-10-5-4-6-11(2)19(10)16(21)15(20)18-12-7-8-14(22-3)13(17)9-12/h7-11H,4-6H2,1-3H3,(H,18,20). The van der Waals surface area contributed by atoms with Crippen molar-refractivity contribution in [1.82, 2.24) is 4.90 Å². The van der Waals surface area contributed by atoms with E-state index < -0.39 is 11.8 Å². The van der Waals surface area contributed by atoms with E-state index >= 15 is 0 Å². The van der Waals surface area contributed by atoms with Crippen LogP contribution in [0.4, 0.5) is 5.69 Å². The lowest BCUT2D eigenvalue weighted by Gasteiger charge is -2.38.